The van der Waals surface area contributed by atoms with E-state index in [9.17, 15) is 57.9 Å². The number of nitrogens with one attached hydrogen (secondary N) is 2. The van der Waals surface area contributed by atoms with Gasteiger partial charge in [0.05, 0.1) is 27.4 Å². The first-order chi connectivity index (χ1) is 31.4. The number of anilines is 1. The first-order valence-electron chi connectivity index (χ1n) is 22.4. The molecule has 1 fully saturated rings. The highest BCUT2D eigenvalue weighted by molar-refractivity contribution is 8.13. The zero-order chi connectivity index (χ0) is 49.8. The molecule has 1 saturated heterocycles. The first-order valence-corrected chi connectivity index (χ1v) is 27.8. The van der Waals surface area contributed by atoms with Crippen molar-refractivity contribution < 1.29 is 80.5 Å². The number of thioether (sulfide) groups is 1. The normalized spacial score (nSPS) is 20.2. The fourth-order valence-electron chi connectivity index (χ4n) is 6.93. The minimum atomic E-state index is -5.92. The Bertz CT molecular complexity index is 2010. The van der Waals surface area contributed by atoms with Crippen LogP contribution < -0.4 is 35.9 Å². The molecule has 0 spiro atoms. The predicted molar refractivity (Wildman–Crippen MR) is 238 cm³/mol. The number of phosphoric ester groups is 3. The maximum Gasteiger partial charge on any atom is 0.274 e. The van der Waals surface area contributed by atoms with E-state index in [1.54, 1.807) is 0 Å². The highest BCUT2D eigenvalue weighted by atomic mass is 32.2. The van der Waals surface area contributed by atoms with E-state index in [1.807, 2.05) is 0 Å². The number of rotatable bonds is 34. The second kappa shape index (κ2) is 28.4. The standard InChI is InChI=1S/C39H70N7O17P3S/c1-27(2)17-15-13-11-9-7-5-6-8-10-12-14-16-18-30(48)67-22-21-41-29(47)19-20-42-37(51)34(50)39(3,4)24-60-66(57,58)63-65(55,56)59-23-28-33(62-64(52,53)54)32(49)38(61-28)46-26-45-31-35(40)43-25-44-36(31)46/h25-28,32-34,38,49-50H,5-24H2,1-4H3,(H,41,47)(H,42,51)(H,55,56)(H,57,58)(H2,40,43,44)(H2,52,53,54)/p-4/t28-,32-,33-,34+,38-/m1/s1. The summed E-state index contributed by atoms with van der Waals surface area (Å²) >= 11 is 1.14. The monoisotopic (exact) mass is 1030 g/mol. The van der Waals surface area contributed by atoms with Gasteiger partial charge in [-0.05, 0) is 12.3 Å². The molecule has 384 valence electrons. The number of aromatic nitrogens is 4. The molecule has 1 aliphatic heterocycles. The van der Waals surface area contributed by atoms with Gasteiger partial charge in [0.1, 0.15) is 36.3 Å². The fourth-order valence-corrected chi connectivity index (χ4v) is 10.4. The first kappa shape index (κ1) is 58.9. The number of unbranched alkanes of at least 4 members (excludes halogenated alkanes) is 11. The smallest absolute Gasteiger partial charge is 0.274 e. The molecule has 2 aromatic heterocycles. The molecule has 2 unspecified atom stereocenters. The van der Waals surface area contributed by atoms with E-state index in [0.717, 1.165) is 54.2 Å². The van der Waals surface area contributed by atoms with Gasteiger partial charge in [-0.25, -0.2) is 19.3 Å². The maximum absolute atomic E-state index is 12.6. The lowest BCUT2D eigenvalue weighted by Crippen LogP contribution is -2.46. The van der Waals surface area contributed by atoms with E-state index in [0.29, 0.717) is 12.2 Å². The minimum Gasteiger partial charge on any atom is -0.790 e. The number of hydrogen-bond donors (Lipinski definition) is 5. The van der Waals surface area contributed by atoms with E-state index < -0.39 is 84.6 Å². The number of phosphoric acid groups is 3. The summed E-state index contributed by atoms with van der Waals surface area (Å²) in [4.78, 5) is 96.8. The highest BCUT2D eigenvalue weighted by Crippen LogP contribution is 2.56. The highest BCUT2D eigenvalue weighted by Gasteiger charge is 2.47. The molecule has 1 aliphatic rings. The Morgan fingerprint density at radius 3 is 2.09 bits per heavy atom. The Kier molecular flexibility index (Phi) is 25.0. The number of carbonyl (C=O) groups is 3. The number of aliphatic hydroxyl groups is 2. The molecule has 3 rings (SSSR count). The van der Waals surface area contributed by atoms with Gasteiger partial charge >= 0.3 is 0 Å². The average Bonchev–Trinajstić information content (AvgIpc) is 3.80. The number of fused-ring (bicyclic) bond motifs is 1. The summed E-state index contributed by atoms with van der Waals surface area (Å²) in [6.45, 7) is 4.72. The van der Waals surface area contributed by atoms with Gasteiger partial charge in [-0.15, -0.1) is 0 Å². The maximum atomic E-state index is 12.6. The van der Waals surface area contributed by atoms with Crippen LogP contribution in [0.2, 0.25) is 0 Å². The SMILES string of the molecule is CC(C)CCCCCCCCCCCCCCC(=O)SCCNC(=O)CCNC(=O)[C@H](O)C(C)(C)COP(=O)([O-])OP(=O)([O-])OC[C@H]1O[C@@H](n2cnc3c(N)ncnc32)[C@H](O)[C@@H]1OP(=O)([O-])[O-]. The molecule has 6 N–H and O–H groups in total. The second-order valence-corrected chi connectivity index (χ2v) is 22.6. The van der Waals surface area contributed by atoms with Crippen LogP contribution in [0.1, 0.15) is 130 Å². The predicted octanol–water partition coefficient (Wildman–Crippen LogP) is 2.25. The van der Waals surface area contributed by atoms with Crippen LogP contribution in [0.15, 0.2) is 12.7 Å². The molecular weight excluding hydrogens is 963 g/mol. The van der Waals surface area contributed by atoms with E-state index in [1.165, 1.54) is 78.1 Å². The molecule has 24 nitrogen and oxygen atoms in total. The van der Waals surface area contributed by atoms with Gasteiger partial charge in [-0.3, -0.25) is 28.1 Å². The molecule has 0 aromatic carbocycles. The van der Waals surface area contributed by atoms with Crippen LogP contribution in [0.25, 0.3) is 11.2 Å². The topological polar surface area (TPSA) is 375 Å². The van der Waals surface area contributed by atoms with Crippen molar-refractivity contribution in [3.05, 3.63) is 12.7 Å². The molecule has 3 heterocycles. The summed E-state index contributed by atoms with van der Waals surface area (Å²) in [5, 5.41) is 26.5. The summed E-state index contributed by atoms with van der Waals surface area (Å²) in [7, 11) is -17.6. The number of hydrogen-bond acceptors (Lipinski definition) is 22. The lowest BCUT2D eigenvalue weighted by molar-refractivity contribution is -0.347. The molecule has 0 aliphatic carbocycles. The van der Waals surface area contributed by atoms with Gasteiger partial charge in [0, 0.05) is 37.1 Å². The van der Waals surface area contributed by atoms with Gasteiger partial charge in [-0.1, -0.05) is 117 Å². The molecular formula is C39H66N7O17P3S-4. The van der Waals surface area contributed by atoms with Crippen LogP contribution in [-0.2, 0) is 50.7 Å². The molecule has 0 radical (unpaired) electrons. The van der Waals surface area contributed by atoms with Crippen molar-refractivity contribution in [3.8, 4) is 0 Å². The Labute approximate surface area is 395 Å². The van der Waals surface area contributed by atoms with Crippen molar-refractivity contribution in [2.45, 2.75) is 155 Å². The van der Waals surface area contributed by atoms with Crippen molar-refractivity contribution in [3.63, 3.8) is 0 Å². The van der Waals surface area contributed by atoms with Crippen LogP contribution in [0.5, 0.6) is 0 Å². The van der Waals surface area contributed by atoms with E-state index >= 15 is 0 Å². The Morgan fingerprint density at radius 2 is 1.48 bits per heavy atom. The van der Waals surface area contributed by atoms with Crippen LogP contribution in [0.3, 0.4) is 0 Å². The van der Waals surface area contributed by atoms with Crippen molar-refractivity contribution >= 4 is 69.1 Å². The number of imidazole rings is 1. The molecule has 2 amide bonds. The number of nitrogens with zero attached hydrogens (tertiary/aromatic N) is 4. The minimum absolute atomic E-state index is 0.0181. The van der Waals surface area contributed by atoms with Crippen LogP contribution in [0, 0.1) is 11.3 Å². The van der Waals surface area contributed by atoms with Gasteiger partial charge in [0.2, 0.25) is 11.8 Å². The Balaban J connectivity index is 1.30. The van der Waals surface area contributed by atoms with Crippen molar-refractivity contribution in [2.75, 3.05) is 37.8 Å². The number of carbonyl (C=O) groups excluding carboxylic acids is 3. The zero-order valence-corrected chi connectivity index (χ0v) is 41.9. The summed E-state index contributed by atoms with van der Waals surface area (Å²) in [5.41, 5.74) is 4.10. The zero-order valence-electron chi connectivity index (χ0n) is 38.4. The second-order valence-electron chi connectivity index (χ2n) is 17.4. The molecule has 7 atom stereocenters. The number of amides is 2. The van der Waals surface area contributed by atoms with E-state index in [4.69, 9.17) is 10.5 Å². The van der Waals surface area contributed by atoms with Gasteiger partial charge < -0.3 is 69.0 Å². The number of ether oxygens (including phenoxy) is 1. The molecule has 28 heteroatoms. The third-order valence-electron chi connectivity index (χ3n) is 10.7. The largest absolute Gasteiger partial charge is 0.790 e. The lowest BCUT2D eigenvalue weighted by Gasteiger charge is -2.36. The Hall–Kier alpha value is -2.44. The summed E-state index contributed by atoms with van der Waals surface area (Å²) < 4.78 is 60.8. The third-order valence-corrected chi connectivity index (χ3v) is 14.6. The van der Waals surface area contributed by atoms with Gasteiger partial charge in [0.25, 0.3) is 15.6 Å². The van der Waals surface area contributed by atoms with Crippen molar-refractivity contribution in [1.82, 2.24) is 30.2 Å². The fraction of sp³-hybridized carbons (Fsp3) is 0.795. The molecule has 67 heavy (non-hydrogen) atoms. The summed E-state index contributed by atoms with van der Waals surface area (Å²) in [6, 6.07) is 0. The molecule has 0 saturated carbocycles. The quantitative estimate of drug-likeness (QED) is 0.0496. The van der Waals surface area contributed by atoms with Gasteiger partial charge in [-0.2, -0.15) is 0 Å². The van der Waals surface area contributed by atoms with Crippen molar-refractivity contribution in [2.24, 2.45) is 11.3 Å². The summed E-state index contributed by atoms with van der Waals surface area (Å²) in [5.74, 6) is -0.335. The molecule has 2 aromatic rings. The Morgan fingerprint density at radius 1 is 0.881 bits per heavy atom. The van der Waals surface area contributed by atoms with Crippen molar-refractivity contribution in [1.29, 1.82) is 0 Å². The molecule has 0 bridgehead atoms. The average molecular weight is 1030 g/mol. The summed E-state index contributed by atoms with van der Waals surface area (Å²) in [6.07, 6.45) is 8.82. The van der Waals surface area contributed by atoms with Gasteiger partial charge in [0.15, 0.2) is 22.8 Å². The third kappa shape index (κ3) is 22.0. The van der Waals surface area contributed by atoms with E-state index in [-0.39, 0.29) is 41.6 Å². The number of nitrogen functional groups attached to an aromatic ring is 1. The van der Waals surface area contributed by atoms with Crippen LogP contribution in [0.4, 0.5) is 5.82 Å². The van der Waals surface area contributed by atoms with Crippen LogP contribution in [-0.4, -0.2) is 103 Å². The van der Waals surface area contributed by atoms with E-state index in [2.05, 4.69) is 57.3 Å². The lowest BCUT2D eigenvalue weighted by atomic mass is 9.87. The van der Waals surface area contributed by atoms with Crippen LogP contribution >= 0.6 is 35.2 Å². The number of aliphatic hydroxyl groups excluding tert-OH is 2. The number of nitrogens with two attached hydrogens (primary N) is 1.